The van der Waals surface area contributed by atoms with Crippen LogP contribution < -0.4 is 10.3 Å². The molecule has 0 aliphatic rings. The predicted molar refractivity (Wildman–Crippen MR) is 74.2 cm³/mol. The Hall–Kier alpha value is -2.56. The molecule has 2 rings (SSSR count). The molecule has 0 aliphatic heterocycles. The Bertz CT molecular complexity index is 689. The minimum Gasteiger partial charge on any atom is -0.488 e. The van der Waals surface area contributed by atoms with E-state index in [0.29, 0.717) is 5.69 Å². The molecule has 0 unspecified atom stereocenters. The van der Waals surface area contributed by atoms with Crippen molar-refractivity contribution < 1.29 is 14.6 Å². The van der Waals surface area contributed by atoms with Crippen molar-refractivity contribution in [2.24, 2.45) is 7.05 Å². The van der Waals surface area contributed by atoms with Crippen LogP contribution in [0.25, 0.3) is 0 Å². The van der Waals surface area contributed by atoms with Crippen molar-refractivity contribution in [3.05, 3.63) is 63.6 Å². The van der Waals surface area contributed by atoms with Gasteiger partial charge in [-0.05, 0) is 12.5 Å². The van der Waals surface area contributed by atoms with Gasteiger partial charge in [-0.2, -0.15) is 0 Å². The molecule has 104 valence electrons. The number of aryl methyl sites for hydroxylation is 1. The molecule has 20 heavy (non-hydrogen) atoms. The largest absolute Gasteiger partial charge is 0.488 e. The molecule has 1 aromatic heterocycles. The number of rotatable bonds is 4. The van der Waals surface area contributed by atoms with E-state index in [1.807, 2.05) is 30.3 Å². The Labute approximate surface area is 116 Å². The lowest BCUT2D eigenvalue weighted by atomic mass is 10.2. The highest BCUT2D eigenvalue weighted by molar-refractivity contribution is 5.90. The maximum Gasteiger partial charge on any atom is 0.345 e. The predicted octanol–water partition coefficient (Wildman–Crippen LogP) is 1.97. The van der Waals surface area contributed by atoms with Gasteiger partial charge in [0.25, 0.3) is 5.56 Å². The molecule has 0 bridgehead atoms. The second-order valence-corrected chi connectivity index (χ2v) is 4.47. The lowest BCUT2D eigenvalue weighted by Gasteiger charge is -2.12. The smallest absolute Gasteiger partial charge is 0.345 e. The summed E-state index contributed by atoms with van der Waals surface area (Å²) in [7, 11) is 1.53. The maximum absolute atomic E-state index is 12.0. The summed E-state index contributed by atoms with van der Waals surface area (Å²) in [5.74, 6) is -1.18. The van der Waals surface area contributed by atoms with E-state index in [4.69, 9.17) is 9.84 Å². The number of ether oxygens (including phenoxy) is 1. The lowest BCUT2D eigenvalue weighted by molar-refractivity contribution is 0.0689. The monoisotopic (exact) mass is 273 g/mol. The minimum absolute atomic E-state index is 0.0990. The van der Waals surface area contributed by atoms with Crippen LogP contribution in [0, 0.1) is 6.92 Å². The summed E-state index contributed by atoms with van der Waals surface area (Å²) in [5, 5.41) is 9.17. The third-order valence-corrected chi connectivity index (χ3v) is 3.08. The number of hydrogen-bond acceptors (Lipinski definition) is 3. The molecule has 0 atom stereocenters. The van der Waals surface area contributed by atoms with Crippen LogP contribution in [-0.2, 0) is 13.7 Å². The molecule has 5 nitrogen and oxygen atoms in total. The van der Waals surface area contributed by atoms with Gasteiger partial charge in [0.1, 0.15) is 12.4 Å². The second-order valence-electron chi connectivity index (χ2n) is 4.47. The summed E-state index contributed by atoms with van der Waals surface area (Å²) in [5.41, 5.74) is 0.639. The van der Waals surface area contributed by atoms with Gasteiger partial charge < -0.3 is 14.4 Å². The molecule has 0 saturated heterocycles. The van der Waals surface area contributed by atoms with Crippen molar-refractivity contribution in [2.45, 2.75) is 13.5 Å². The van der Waals surface area contributed by atoms with Crippen LogP contribution in [0.3, 0.4) is 0 Å². The molecule has 0 aliphatic carbocycles. The molecule has 2 aromatic rings. The molecule has 0 fully saturated rings. The van der Waals surface area contributed by atoms with Crippen LogP contribution in [0.2, 0.25) is 0 Å². The normalized spacial score (nSPS) is 10.3. The van der Waals surface area contributed by atoms with Crippen LogP contribution in [0.1, 0.15) is 21.6 Å². The van der Waals surface area contributed by atoms with E-state index in [9.17, 15) is 9.59 Å². The van der Waals surface area contributed by atoms with E-state index in [-0.39, 0.29) is 17.9 Å². The highest BCUT2D eigenvalue weighted by Crippen LogP contribution is 2.18. The van der Waals surface area contributed by atoms with Gasteiger partial charge in [0.05, 0.1) is 0 Å². The van der Waals surface area contributed by atoms with Crippen LogP contribution in [0.15, 0.2) is 41.2 Å². The van der Waals surface area contributed by atoms with Gasteiger partial charge in [0, 0.05) is 18.8 Å². The average Bonchev–Trinajstić information content (AvgIpc) is 2.43. The van der Waals surface area contributed by atoms with E-state index in [2.05, 4.69) is 0 Å². The van der Waals surface area contributed by atoms with Crippen LogP contribution in [0.4, 0.5) is 0 Å². The Kier molecular flexibility index (Phi) is 3.89. The molecular formula is C15H15NO4. The number of carboxylic acid groups (broad SMARTS) is 1. The Morgan fingerprint density at radius 1 is 1.30 bits per heavy atom. The lowest BCUT2D eigenvalue weighted by Crippen LogP contribution is -2.26. The van der Waals surface area contributed by atoms with Gasteiger partial charge in [-0.25, -0.2) is 4.79 Å². The maximum atomic E-state index is 12.0. The third kappa shape index (κ3) is 2.71. The Balaban J connectivity index is 2.36. The summed E-state index contributed by atoms with van der Waals surface area (Å²) < 4.78 is 6.80. The molecular weight excluding hydrogens is 258 g/mol. The first-order valence-electron chi connectivity index (χ1n) is 6.11. The van der Waals surface area contributed by atoms with Crippen molar-refractivity contribution >= 4 is 5.97 Å². The number of benzene rings is 1. The number of hydrogen-bond donors (Lipinski definition) is 1. The van der Waals surface area contributed by atoms with Crippen LogP contribution in [0.5, 0.6) is 5.75 Å². The number of aromatic carboxylic acids is 1. The highest BCUT2D eigenvalue weighted by atomic mass is 16.5. The number of pyridine rings is 1. The first kappa shape index (κ1) is 13.9. The summed E-state index contributed by atoms with van der Waals surface area (Å²) in [6.45, 7) is 1.94. The van der Waals surface area contributed by atoms with Gasteiger partial charge in [0.15, 0.2) is 5.56 Å². The molecule has 5 heteroatoms. The van der Waals surface area contributed by atoms with Crippen molar-refractivity contribution in [1.82, 2.24) is 4.57 Å². The Morgan fingerprint density at radius 2 is 1.95 bits per heavy atom. The zero-order valence-electron chi connectivity index (χ0n) is 11.3. The topological polar surface area (TPSA) is 68.5 Å². The summed E-state index contributed by atoms with van der Waals surface area (Å²) >= 11 is 0. The van der Waals surface area contributed by atoms with Crippen LogP contribution >= 0.6 is 0 Å². The van der Waals surface area contributed by atoms with Crippen molar-refractivity contribution in [3.8, 4) is 5.75 Å². The standard InChI is InChI=1S/C15H15NO4/c1-10-8-12(13(15(18)19)14(17)16(10)2)20-9-11-6-4-3-5-7-11/h3-8H,9H2,1-2H3,(H,18,19). The fourth-order valence-electron chi connectivity index (χ4n) is 1.84. The number of aromatic nitrogens is 1. The SMILES string of the molecule is Cc1cc(OCc2ccccc2)c(C(=O)O)c(=O)n1C. The van der Waals surface area contributed by atoms with Gasteiger partial charge in [-0.15, -0.1) is 0 Å². The van der Waals surface area contributed by atoms with Crippen LogP contribution in [-0.4, -0.2) is 15.6 Å². The van der Waals surface area contributed by atoms with Gasteiger partial charge in [-0.1, -0.05) is 30.3 Å². The average molecular weight is 273 g/mol. The second kappa shape index (κ2) is 5.61. The molecule has 0 spiro atoms. The summed E-state index contributed by atoms with van der Waals surface area (Å²) in [6.07, 6.45) is 0. The highest BCUT2D eigenvalue weighted by Gasteiger charge is 2.19. The summed E-state index contributed by atoms with van der Waals surface area (Å²) in [4.78, 5) is 23.2. The zero-order valence-corrected chi connectivity index (χ0v) is 11.3. The molecule has 1 heterocycles. The van der Waals surface area contributed by atoms with Gasteiger partial charge in [0.2, 0.25) is 0 Å². The fourth-order valence-corrected chi connectivity index (χ4v) is 1.84. The fraction of sp³-hybridized carbons (Fsp3) is 0.200. The molecule has 1 aromatic carbocycles. The Morgan fingerprint density at radius 3 is 2.55 bits per heavy atom. The third-order valence-electron chi connectivity index (χ3n) is 3.08. The van der Waals surface area contributed by atoms with Crippen molar-refractivity contribution in [2.75, 3.05) is 0 Å². The molecule has 0 amide bonds. The van der Waals surface area contributed by atoms with Gasteiger partial charge in [-0.3, -0.25) is 4.79 Å². The minimum atomic E-state index is -1.28. The first-order valence-corrected chi connectivity index (χ1v) is 6.11. The molecule has 0 radical (unpaired) electrons. The number of nitrogens with zero attached hydrogens (tertiary/aromatic N) is 1. The van der Waals surface area contributed by atoms with Crippen molar-refractivity contribution in [1.29, 1.82) is 0 Å². The van der Waals surface area contributed by atoms with E-state index < -0.39 is 11.5 Å². The van der Waals surface area contributed by atoms with Crippen molar-refractivity contribution in [3.63, 3.8) is 0 Å². The quantitative estimate of drug-likeness (QED) is 0.924. The molecule has 0 saturated carbocycles. The first-order chi connectivity index (χ1) is 9.50. The van der Waals surface area contributed by atoms with E-state index >= 15 is 0 Å². The van der Waals surface area contributed by atoms with E-state index in [0.717, 1.165) is 5.56 Å². The number of carboxylic acids is 1. The van der Waals surface area contributed by atoms with E-state index in [1.54, 1.807) is 13.0 Å². The van der Waals surface area contributed by atoms with Gasteiger partial charge >= 0.3 is 5.97 Å². The molecule has 1 N–H and O–H groups in total. The number of carbonyl (C=O) groups is 1. The zero-order chi connectivity index (χ0) is 14.7. The summed E-state index contributed by atoms with van der Waals surface area (Å²) in [6, 6.07) is 10.9. The van der Waals surface area contributed by atoms with E-state index in [1.165, 1.54) is 11.6 Å².